The summed E-state index contributed by atoms with van der Waals surface area (Å²) in [5.74, 6) is 0. The minimum Gasteiger partial charge on any atom is -0.255 e. The molecule has 0 radical (unpaired) electrons. The van der Waals surface area contributed by atoms with Crippen molar-refractivity contribution in [3.8, 4) is 44.9 Å². The molecule has 196 valence electrons. The highest BCUT2D eigenvalue weighted by atomic mass is 14.8. The number of aromatic nitrogens is 2. The number of pyridine rings is 2. The van der Waals surface area contributed by atoms with Gasteiger partial charge in [0, 0.05) is 11.8 Å². The van der Waals surface area contributed by atoms with Crippen LogP contribution in [0.4, 0.5) is 0 Å². The molecule has 0 spiro atoms. The summed E-state index contributed by atoms with van der Waals surface area (Å²) in [6.07, 6.45) is 1.90. The van der Waals surface area contributed by atoms with E-state index in [0.29, 0.717) is 0 Å². The molecule has 0 fully saturated rings. The third kappa shape index (κ3) is 4.22. The first-order chi connectivity index (χ1) is 20.8. The monoisotopic (exact) mass is 534 g/mol. The average Bonchev–Trinajstić information content (AvgIpc) is 3.09. The lowest BCUT2D eigenvalue weighted by atomic mass is 9.92. The molecule has 0 saturated heterocycles. The van der Waals surface area contributed by atoms with E-state index in [1.807, 2.05) is 18.3 Å². The largest absolute Gasteiger partial charge is 0.255 e. The molecule has 0 atom stereocenters. The number of hydrogen-bond acceptors (Lipinski definition) is 2. The van der Waals surface area contributed by atoms with Crippen molar-refractivity contribution in [1.82, 2.24) is 9.97 Å². The molecule has 0 N–H and O–H groups in total. The minimum absolute atomic E-state index is 0.853. The summed E-state index contributed by atoms with van der Waals surface area (Å²) in [6.45, 7) is 0. The standard InChI is InChI=1S/C40H26N2/c1-3-11-27(12-4-1)31-25-38(28-13-5-2-6-14-28)42-40(26-31)39-24-30(21-22-41-39)29-19-20-36-34-17-8-7-15-32(34)33-16-9-10-18-35(33)37(36)23-29/h1-26H. The van der Waals surface area contributed by atoms with Crippen molar-refractivity contribution < 1.29 is 0 Å². The predicted octanol–water partition coefficient (Wildman–Crippen LogP) is 10.6. The van der Waals surface area contributed by atoms with Gasteiger partial charge in [-0.1, -0.05) is 121 Å². The number of benzene rings is 6. The van der Waals surface area contributed by atoms with E-state index in [0.717, 1.165) is 44.9 Å². The summed E-state index contributed by atoms with van der Waals surface area (Å²) in [5.41, 5.74) is 8.28. The predicted molar refractivity (Wildman–Crippen MR) is 176 cm³/mol. The minimum atomic E-state index is 0.853. The van der Waals surface area contributed by atoms with Crippen LogP contribution >= 0.6 is 0 Å². The van der Waals surface area contributed by atoms with E-state index in [2.05, 4.69) is 140 Å². The first-order valence-corrected chi connectivity index (χ1v) is 14.2. The lowest BCUT2D eigenvalue weighted by Crippen LogP contribution is -1.93. The van der Waals surface area contributed by atoms with E-state index in [-0.39, 0.29) is 0 Å². The molecule has 8 aromatic rings. The summed E-state index contributed by atoms with van der Waals surface area (Å²) in [7, 11) is 0. The van der Waals surface area contributed by atoms with Crippen LogP contribution in [0.5, 0.6) is 0 Å². The van der Waals surface area contributed by atoms with Crippen molar-refractivity contribution in [3.63, 3.8) is 0 Å². The summed E-state index contributed by atoms with van der Waals surface area (Å²) in [4.78, 5) is 9.89. The van der Waals surface area contributed by atoms with E-state index in [4.69, 9.17) is 9.97 Å². The van der Waals surface area contributed by atoms with Crippen molar-refractivity contribution >= 4 is 32.3 Å². The quantitative estimate of drug-likeness (QED) is 0.210. The van der Waals surface area contributed by atoms with Crippen LogP contribution in [0.25, 0.3) is 77.2 Å². The third-order valence-corrected chi connectivity index (χ3v) is 8.10. The van der Waals surface area contributed by atoms with E-state index < -0.39 is 0 Å². The maximum Gasteiger partial charge on any atom is 0.0900 e. The van der Waals surface area contributed by atoms with Gasteiger partial charge in [-0.15, -0.1) is 0 Å². The van der Waals surface area contributed by atoms with Gasteiger partial charge in [0.1, 0.15) is 0 Å². The fourth-order valence-electron chi connectivity index (χ4n) is 6.05. The fourth-order valence-corrected chi connectivity index (χ4v) is 6.05. The molecule has 0 saturated carbocycles. The molecule has 2 aromatic heterocycles. The first kappa shape index (κ1) is 24.2. The zero-order valence-electron chi connectivity index (χ0n) is 22.9. The van der Waals surface area contributed by atoms with E-state index in [1.54, 1.807) is 0 Å². The second-order valence-electron chi connectivity index (χ2n) is 10.6. The Hall–Kier alpha value is -5.60. The van der Waals surface area contributed by atoms with E-state index in [1.165, 1.54) is 32.3 Å². The van der Waals surface area contributed by atoms with Crippen molar-refractivity contribution in [2.45, 2.75) is 0 Å². The highest BCUT2D eigenvalue weighted by Crippen LogP contribution is 2.37. The Bertz CT molecular complexity index is 2140. The van der Waals surface area contributed by atoms with Crippen LogP contribution in [0, 0.1) is 0 Å². The normalized spacial score (nSPS) is 11.3. The van der Waals surface area contributed by atoms with Crippen LogP contribution in [0.3, 0.4) is 0 Å². The van der Waals surface area contributed by atoms with Gasteiger partial charge >= 0.3 is 0 Å². The molecule has 2 heteroatoms. The number of nitrogens with zero attached hydrogens (tertiary/aromatic N) is 2. The molecular formula is C40H26N2. The first-order valence-electron chi connectivity index (χ1n) is 14.2. The van der Waals surface area contributed by atoms with Gasteiger partial charge in [0.2, 0.25) is 0 Å². The van der Waals surface area contributed by atoms with Crippen LogP contribution in [0.15, 0.2) is 158 Å². The van der Waals surface area contributed by atoms with Crippen LogP contribution in [0.2, 0.25) is 0 Å². The van der Waals surface area contributed by atoms with Gasteiger partial charge in [0.05, 0.1) is 17.1 Å². The zero-order chi connectivity index (χ0) is 27.9. The zero-order valence-corrected chi connectivity index (χ0v) is 22.9. The van der Waals surface area contributed by atoms with Crippen molar-refractivity contribution in [2.75, 3.05) is 0 Å². The Morgan fingerprint density at radius 1 is 0.286 bits per heavy atom. The summed E-state index contributed by atoms with van der Waals surface area (Å²) < 4.78 is 0. The van der Waals surface area contributed by atoms with Crippen LogP contribution in [0.1, 0.15) is 0 Å². The molecule has 0 bridgehead atoms. The molecule has 6 aromatic carbocycles. The Morgan fingerprint density at radius 3 is 1.45 bits per heavy atom. The smallest absolute Gasteiger partial charge is 0.0900 e. The number of rotatable bonds is 4. The van der Waals surface area contributed by atoms with E-state index in [9.17, 15) is 0 Å². The highest BCUT2D eigenvalue weighted by molar-refractivity contribution is 6.25. The summed E-state index contributed by atoms with van der Waals surface area (Å²) in [6, 6.07) is 53.6. The Labute approximate surface area is 244 Å². The summed E-state index contributed by atoms with van der Waals surface area (Å²) >= 11 is 0. The van der Waals surface area contributed by atoms with Gasteiger partial charge in [-0.2, -0.15) is 0 Å². The van der Waals surface area contributed by atoms with Gasteiger partial charge in [-0.05, 0) is 84.9 Å². The molecule has 0 amide bonds. The third-order valence-electron chi connectivity index (χ3n) is 8.10. The van der Waals surface area contributed by atoms with Crippen molar-refractivity contribution in [2.24, 2.45) is 0 Å². The van der Waals surface area contributed by atoms with E-state index >= 15 is 0 Å². The molecule has 0 aliphatic heterocycles. The lowest BCUT2D eigenvalue weighted by Gasteiger charge is -2.13. The average molecular weight is 535 g/mol. The van der Waals surface area contributed by atoms with Crippen LogP contribution < -0.4 is 0 Å². The fraction of sp³-hybridized carbons (Fsp3) is 0. The Kier molecular flexibility index (Phi) is 5.82. The number of hydrogen-bond donors (Lipinski definition) is 0. The second-order valence-corrected chi connectivity index (χ2v) is 10.6. The molecule has 42 heavy (non-hydrogen) atoms. The van der Waals surface area contributed by atoms with Gasteiger partial charge in [-0.25, -0.2) is 4.98 Å². The van der Waals surface area contributed by atoms with Gasteiger partial charge in [-0.3, -0.25) is 4.98 Å². The molecular weight excluding hydrogens is 508 g/mol. The topological polar surface area (TPSA) is 25.8 Å². The van der Waals surface area contributed by atoms with Gasteiger partial charge in [0.15, 0.2) is 0 Å². The molecule has 0 aliphatic rings. The molecule has 0 unspecified atom stereocenters. The highest BCUT2D eigenvalue weighted by Gasteiger charge is 2.13. The summed E-state index contributed by atoms with van der Waals surface area (Å²) in [5, 5.41) is 7.65. The van der Waals surface area contributed by atoms with Gasteiger partial charge < -0.3 is 0 Å². The number of fused-ring (bicyclic) bond motifs is 6. The Morgan fingerprint density at radius 2 is 0.786 bits per heavy atom. The Balaban J connectivity index is 1.29. The van der Waals surface area contributed by atoms with Crippen molar-refractivity contribution in [1.29, 1.82) is 0 Å². The van der Waals surface area contributed by atoms with Crippen LogP contribution in [-0.4, -0.2) is 9.97 Å². The molecule has 2 nitrogen and oxygen atoms in total. The maximum atomic E-state index is 5.10. The SMILES string of the molecule is c1ccc(-c2cc(-c3ccccc3)nc(-c3cc(-c4ccc5c6ccccc6c6ccccc6c5c4)ccn3)c2)cc1. The van der Waals surface area contributed by atoms with Gasteiger partial charge in [0.25, 0.3) is 0 Å². The lowest BCUT2D eigenvalue weighted by molar-refractivity contribution is 1.25. The molecule has 0 aliphatic carbocycles. The second kappa shape index (κ2) is 10.1. The molecule has 2 heterocycles. The molecule has 8 rings (SSSR count). The van der Waals surface area contributed by atoms with Crippen molar-refractivity contribution in [3.05, 3.63) is 158 Å². The van der Waals surface area contributed by atoms with Crippen LogP contribution in [-0.2, 0) is 0 Å². The maximum absolute atomic E-state index is 5.10.